The number of nitrogens with zero attached hydrogens (tertiary/aromatic N) is 1. The first kappa shape index (κ1) is 40.9. The fourth-order valence-corrected chi connectivity index (χ4v) is 6.37. The summed E-state index contributed by atoms with van der Waals surface area (Å²) in [7, 11) is 4.13. The minimum absolute atomic E-state index is 0.135. The van der Waals surface area contributed by atoms with E-state index < -0.39 is 5.97 Å². The maximum atomic E-state index is 13.4. The van der Waals surface area contributed by atoms with Crippen molar-refractivity contribution < 1.29 is 19.1 Å². The molecule has 0 heterocycles. The van der Waals surface area contributed by atoms with Crippen molar-refractivity contribution in [1.82, 2.24) is 4.90 Å². The highest BCUT2D eigenvalue weighted by Crippen LogP contribution is 2.29. The van der Waals surface area contributed by atoms with Gasteiger partial charge >= 0.3 is 5.97 Å². The van der Waals surface area contributed by atoms with E-state index in [1.807, 2.05) is 6.08 Å². The average Bonchev–Trinajstić information content (AvgIpc) is 3.02. The zero-order valence-corrected chi connectivity index (χ0v) is 31.3. The lowest BCUT2D eigenvalue weighted by atomic mass is 9.83. The van der Waals surface area contributed by atoms with Crippen molar-refractivity contribution in [1.29, 1.82) is 0 Å². The number of esters is 1. The van der Waals surface area contributed by atoms with Gasteiger partial charge in [0.1, 0.15) is 5.76 Å². The molecule has 0 spiro atoms. The Balaban J connectivity index is 2.04. The first-order valence-electron chi connectivity index (χ1n) is 18.3. The van der Waals surface area contributed by atoms with Crippen LogP contribution < -0.4 is 0 Å². The van der Waals surface area contributed by atoms with E-state index in [1.54, 1.807) is 43.3 Å². The summed E-state index contributed by atoms with van der Waals surface area (Å²) >= 11 is 0. The predicted octanol–water partition coefficient (Wildman–Crippen LogP) is 10.9. The van der Waals surface area contributed by atoms with E-state index in [2.05, 4.69) is 72.3 Å². The second kappa shape index (κ2) is 21.6. The number of carbonyl (C=O) groups is 3. The standard InChI is InChI=1S/C43H63NO4/c1-31(2)18-15-20-32(3)21-16-22-33(4)23-17-25-37(43(47)48-35(6)24-12-10-11-19-34(5)30-44(8)9)28-29-38-36(7)41(45)39-26-13-14-27-40(39)42(38)46/h11-14,19,24,26-28,31-34H,6,10,15-18,20-23,25,29-30H2,1-5,7-9H3/b19-11-,24-12-,37-28+. The summed E-state index contributed by atoms with van der Waals surface area (Å²) in [4.78, 5) is 42.0. The van der Waals surface area contributed by atoms with Gasteiger partial charge in [0.2, 0.25) is 0 Å². The highest BCUT2D eigenvalue weighted by atomic mass is 16.5. The van der Waals surface area contributed by atoms with Gasteiger partial charge in [0, 0.05) is 34.4 Å². The third kappa shape index (κ3) is 14.8. The molecule has 0 N–H and O–H groups in total. The number of benzene rings is 1. The van der Waals surface area contributed by atoms with Gasteiger partial charge in [-0.3, -0.25) is 9.59 Å². The summed E-state index contributed by atoms with van der Waals surface area (Å²) in [5.41, 5.74) is 2.26. The summed E-state index contributed by atoms with van der Waals surface area (Å²) < 4.78 is 5.67. The summed E-state index contributed by atoms with van der Waals surface area (Å²) in [5, 5.41) is 0. The van der Waals surface area contributed by atoms with Crippen molar-refractivity contribution in [2.75, 3.05) is 20.6 Å². The Morgan fingerprint density at radius 1 is 0.854 bits per heavy atom. The van der Waals surface area contributed by atoms with Gasteiger partial charge in [-0.25, -0.2) is 4.79 Å². The molecule has 0 fully saturated rings. The molecule has 0 bridgehead atoms. The zero-order chi connectivity index (χ0) is 35.6. The first-order chi connectivity index (χ1) is 22.8. The smallest absolute Gasteiger partial charge is 0.339 e. The highest BCUT2D eigenvalue weighted by Gasteiger charge is 2.29. The minimum atomic E-state index is -0.448. The molecule has 1 aliphatic rings. The molecule has 48 heavy (non-hydrogen) atoms. The van der Waals surface area contributed by atoms with Crippen LogP contribution >= 0.6 is 0 Å². The normalized spacial score (nSPS) is 15.9. The maximum absolute atomic E-state index is 13.4. The Bertz CT molecular complexity index is 1340. The number of hydrogen-bond acceptors (Lipinski definition) is 5. The van der Waals surface area contributed by atoms with Crippen LogP contribution in [0.4, 0.5) is 0 Å². The van der Waals surface area contributed by atoms with Crippen LogP contribution in [0.1, 0.15) is 133 Å². The molecule has 264 valence electrons. The van der Waals surface area contributed by atoms with Gasteiger partial charge in [0.05, 0.1) is 0 Å². The topological polar surface area (TPSA) is 63.7 Å². The monoisotopic (exact) mass is 657 g/mol. The quantitative estimate of drug-likeness (QED) is 0.0408. The van der Waals surface area contributed by atoms with Gasteiger partial charge in [0.25, 0.3) is 0 Å². The van der Waals surface area contributed by atoms with E-state index in [-0.39, 0.29) is 23.7 Å². The van der Waals surface area contributed by atoms with Gasteiger partial charge in [0.15, 0.2) is 11.6 Å². The molecular weight excluding hydrogens is 594 g/mol. The Morgan fingerprint density at radius 2 is 1.44 bits per heavy atom. The van der Waals surface area contributed by atoms with Crippen molar-refractivity contribution in [3.8, 4) is 0 Å². The van der Waals surface area contributed by atoms with Crippen LogP contribution in [-0.2, 0) is 9.53 Å². The summed E-state index contributed by atoms with van der Waals surface area (Å²) in [6.45, 7) is 18.1. The molecule has 5 nitrogen and oxygen atoms in total. The number of ether oxygens (including phenoxy) is 1. The molecule has 1 aromatic carbocycles. The molecule has 0 radical (unpaired) electrons. The van der Waals surface area contributed by atoms with Crippen LogP contribution in [0, 0.1) is 23.7 Å². The molecule has 0 saturated carbocycles. The average molecular weight is 658 g/mol. The van der Waals surface area contributed by atoms with Crippen molar-refractivity contribution in [2.45, 2.75) is 112 Å². The molecule has 0 amide bonds. The first-order valence-corrected chi connectivity index (χ1v) is 18.3. The summed E-state index contributed by atoms with van der Waals surface area (Å²) in [5.74, 6) is 2.11. The highest BCUT2D eigenvalue weighted by molar-refractivity contribution is 6.26. The van der Waals surface area contributed by atoms with Crippen molar-refractivity contribution in [2.24, 2.45) is 23.7 Å². The molecule has 0 saturated heterocycles. The lowest BCUT2D eigenvalue weighted by Gasteiger charge is -2.18. The number of ketones is 2. The molecule has 2 rings (SSSR count). The van der Waals surface area contributed by atoms with E-state index in [4.69, 9.17) is 4.74 Å². The summed E-state index contributed by atoms with van der Waals surface area (Å²) in [6.07, 6.45) is 20.7. The number of hydrogen-bond donors (Lipinski definition) is 0. The molecular formula is C43H63NO4. The lowest BCUT2D eigenvalue weighted by Crippen LogP contribution is -2.20. The molecule has 5 heteroatoms. The van der Waals surface area contributed by atoms with E-state index in [0.29, 0.717) is 46.1 Å². The van der Waals surface area contributed by atoms with Crippen molar-refractivity contribution >= 4 is 17.5 Å². The fraction of sp³-hybridized carbons (Fsp3) is 0.558. The lowest BCUT2D eigenvalue weighted by molar-refractivity contribution is -0.134. The van der Waals surface area contributed by atoms with Crippen LogP contribution in [0.2, 0.25) is 0 Å². The van der Waals surface area contributed by atoms with E-state index in [1.165, 1.54) is 38.5 Å². The zero-order valence-electron chi connectivity index (χ0n) is 31.3. The van der Waals surface area contributed by atoms with E-state index in [0.717, 1.165) is 37.6 Å². The number of Topliss-reactive ketones (excluding diaryl/α,β-unsaturated/α-hetero) is 2. The molecule has 3 atom stereocenters. The number of rotatable bonds is 22. The molecule has 0 aromatic heterocycles. The van der Waals surface area contributed by atoms with E-state index >= 15 is 0 Å². The number of carbonyl (C=O) groups excluding carboxylic acids is 3. The third-order valence-corrected chi connectivity index (χ3v) is 9.23. The molecule has 1 aliphatic carbocycles. The van der Waals surface area contributed by atoms with Crippen molar-refractivity contribution in [3.63, 3.8) is 0 Å². The second-order valence-electron chi connectivity index (χ2n) is 14.8. The maximum Gasteiger partial charge on any atom is 0.339 e. The molecule has 3 unspecified atom stereocenters. The predicted molar refractivity (Wildman–Crippen MR) is 201 cm³/mol. The van der Waals surface area contributed by atoms with Crippen LogP contribution in [0.25, 0.3) is 0 Å². The van der Waals surface area contributed by atoms with Crippen LogP contribution in [-0.4, -0.2) is 43.1 Å². The summed E-state index contributed by atoms with van der Waals surface area (Å²) in [6, 6.07) is 6.94. The van der Waals surface area contributed by atoms with Gasteiger partial charge in [-0.1, -0.05) is 135 Å². The minimum Gasteiger partial charge on any atom is -0.424 e. The Kier molecular flexibility index (Phi) is 18.4. The fourth-order valence-electron chi connectivity index (χ4n) is 6.37. The largest absolute Gasteiger partial charge is 0.424 e. The number of fused-ring (bicyclic) bond motifs is 1. The Hall–Kier alpha value is -3.31. The second-order valence-corrected chi connectivity index (χ2v) is 14.8. The van der Waals surface area contributed by atoms with Gasteiger partial charge in [-0.05, 0) is 76.5 Å². The van der Waals surface area contributed by atoms with Gasteiger partial charge in [-0.15, -0.1) is 0 Å². The van der Waals surface area contributed by atoms with Crippen molar-refractivity contribution in [3.05, 3.63) is 94.8 Å². The van der Waals surface area contributed by atoms with Crippen LogP contribution in [0.5, 0.6) is 0 Å². The Labute approximate surface area is 292 Å². The van der Waals surface area contributed by atoms with Crippen LogP contribution in [0.3, 0.4) is 0 Å². The third-order valence-electron chi connectivity index (χ3n) is 9.23. The van der Waals surface area contributed by atoms with Crippen LogP contribution in [0.15, 0.2) is 83.7 Å². The number of allylic oxidation sites excluding steroid dienone is 6. The molecule has 1 aromatic rings. The SMILES string of the molecule is C=C(/C=C\C/C=C\C(C)CN(C)C)OC(=O)/C(=C/CC1=C(C)C(=O)c2ccccc2C1=O)CCCC(C)CCCC(C)CCCC(C)C. The van der Waals surface area contributed by atoms with Gasteiger partial charge < -0.3 is 9.64 Å². The van der Waals surface area contributed by atoms with E-state index in [9.17, 15) is 14.4 Å². The Morgan fingerprint density at radius 3 is 2.04 bits per heavy atom. The van der Waals surface area contributed by atoms with Gasteiger partial charge in [-0.2, -0.15) is 0 Å². The molecule has 0 aliphatic heterocycles.